The van der Waals surface area contributed by atoms with Gasteiger partial charge >= 0.3 is 6.18 Å². The second kappa shape index (κ2) is 9.55. The number of piperidine rings is 1. The molecule has 1 aromatic heterocycles. The molecule has 1 unspecified atom stereocenters. The van der Waals surface area contributed by atoms with Gasteiger partial charge in [0, 0.05) is 36.6 Å². The summed E-state index contributed by atoms with van der Waals surface area (Å²) in [5, 5.41) is 11.5. The molecule has 0 bridgehead atoms. The monoisotopic (exact) mass is 522 g/mol. The van der Waals surface area contributed by atoms with Crippen molar-refractivity contribution < 1.29 is 31.5 Å². The molecule has 1 saturated heterocycles. The van der Waals surface area contributed by atoms with Crippen LogP contribution in [0.5, 0.6) is 0 Å². The zero-order valence-corrected chi connectivity index (χ0v) is 20.9. The van der Waals surface area contributed by atoms with Gasteiger partial charge in [0.1, 0.15) is 6.10 Å². The molecule has 0 aliphatic carbocycles. The molecule has 1 atom stereocenters. The first-order valence-electron chi connectivity index (χ1n) is 11.8. The number of aliphatic hydroxyl groups is 1. The molecule has 1 fully saturated rings. The number of aromatic nitrogens is 1. The lowest BCUT2D eigenvalue weighted by Crippen LogP contribution is -2.50. The highest BCUT2D eigenvalue weighted by Gasteiger charge is 2.45. The normalized spacial score (nSPS) is 16.9. The quantitative estimate of drug-likeness (QED) is 0.496. The van der Waals surface area contributed by atoms with E-state index in [9.17, 15) is 31.5 Å². The average Bonchev–Trinajstić information content (AvgIpc) is 3.25. The molecule has 36 heavy (non-hydrogen) atoms. The Morgan fingerprint density at radius 3 is 2.44 bits per heavy atom. The smallest absolute Gasteiger partial charge is 0.383 e. The minimum atomic E-state index is -4.64. The first kappa shape index (κ1) is 26.2. The van der Waals surface area contributed by atoms with Crippen LogP contribution in [0.2, 0.25) is 0 Å². The number of nitrogens with zero attached hydrogens (tertiary/aromatic N) is 1. The number of sulfone groups is 1. The van der Waals surface area contributed by atoms with E-state index in [2.05, 4.69) is 4.98 Å². The number of H-pyrrole nitrogens is 1. The highest BCUT2D eigenvalue weighted by atomic mass is 32.2. The number of nitrogens with one attached hydrogen (secondary N) is 1. The second-order valence-corrected chi connectivity index (χ2v) is 12.3. The summed E-state index contributed by atoms with van der Waals surface area (Å²) in [4.78, 5) is 17.2. The van der Waals surface area contributed by atoms with Crippen LogP contribution < -0.4 is 0 Å². The summed E-state index contributed by atoms with van der Waals surface area (Å²) in [7, 11) is -4.09. The Kier molecular flexibility index (Phi) is 6.96. The number of carbonyl (C=O) groups excluding carboxylic acids is 1. The Morgan fingerprint density at radius 1 is 1.11 bits per heavy atom. The lowest BCUT2D eigenvalue weighted by molar-refractivity contribution is -0.141. The van der Waals surface area contributed by atoms with Gasteiger partial charge in [-0.15, -0.1) is 0 Å². The fraction of sp³-hybridized carbons (Fsp3) is 0.423. The number of likely N-dealkylation sites (tertiary alicyclic amines) is 1. The first-order valence-corrected chi connectivity index (χ1v) is 13.2. The van der Waals surface area contributed by atoms with Crippen molar-refractivity contribution >= 4 is 26.6 Å². The van der Waals surface area contributed by atoms with Gasteiger partial charge in [-0.2, -0.15) is 13.2 Å². The summed E-state index contributed by atoms with van der Waals surface area (Å²) in [6, 6.07) is 11.4. The molecule has 0 spiro atoms. The maximum Gasteiger partial charge on any atom is 0.416 e. The van der Waals surface area contributed by atoms with E-state index >= 15 is 0 Å². The fourth-order valence-electron chi connectivity index (χ4n) is 4.96. The third-order valence-electron chi connectivity index (χ3n) is 7.33. The van der Waals surface area contributed by atoms with E-state index in [1.807, 2.05) is 24.3 Å². The Hall–Kier alpha value is -2.85. The van der Waals surface area contributed by atoms with Crippen LogP contribution in [0, 0.1) is 5.92 Å². The van der Waals surface area contributed by atoms with Gasteiger partial charge in [0.2, 0.25) is 0 Å². The van der Waals surface area contributed by atoms with Crippen molar-refractivity contribution in [1.82, 2.24) is 9.88 Å². The molecule has 4 rings (SSSR count). The van der Waals surface area contributed by atoms with E-state index in [-0.39, 0.29) is 30.3 Å². The number of rotatable bonds is 6. The number of para-hydroxylation sites is 1. The molecule has 2 N–H and O–H groups in total. The lowest BCUT2D eigenvalue weighted by Gasteiger charge is -2.40. The molecule has 2 heterocycles. The van der Waals surface area contributed by atoms with E-state index in [1.165, 1.54) is 24.8 Å². The van der Waals surface area contributed by atoms with Crippen LogP contribution in [-0.4, -0.2) is 53.3 Å². The Bertz CT molecular complexity index is 1360. The predicted molar refractivity (Wildman–Crippen MR) is 130 cm³/mol. The number of alkyl halides is 3. The topological polar surface area (TPSA) is 90.5 Å². The largest absolute Gasteiger partial charge is 0.416 e. The highest BCUT2D eigenvalue weighted by Crippen LogP contribution is 2.39. The van der Waals surface area contributed by atoms with Crippen molar-refractivity contribution in [2.45, 2.75) is 55.0 Å². The molecule has 1 aliphatic rings. The number of halogens is 3. The van der Waals surface area contributed by atoms with E-state index in [1.54, 1.807) is 6.20 Å². The fourth-order valence-corrected chi connectivity index (χ4v) is 6.79. The molecule has 1 aliphatic heterocycles. The summed E-state index contributed by atoms with van der Waals surface area (Å²) in [6.45, 7) is 3.57. The van der Waals surface area contributed by atoms with E-state index < -0.39 is 38.3 Å². The number of hydrogen-bond donors (Lipinski definition) is 2. The van der Waals surface area contributed by atoms with Gasteiger partial charge in [-0.05, 0) is 62.4 Å². The van der Waals surface area contributed by atoms with Crippen LogP contribution in [-0.2, 0) is 27.2 Å². The lowest BCUT2D eigenvalue weighted by atomic mass is 9.85. The number of aromatic amines is 1. The number of benzene rings is 2. The summed E-state index contributed by atoms with van der Waals surface area (Å²) >= 11 is 0. The molecule has 10 heteroatoms. The van der Waals surface area contributed by atoms with Crippen LogP contribution in [0.1, 0.15) is 37.8 Å². The summed E-state index contributed by atoms with van der Waals surface area (Å²) in [5.41, 5.74) is 0.732. The molecular weight excluding hydrogens is 493 g/mol. The summed E-state index contributed by atoms with van der Waals surface area (Å²) in [5.74, 6) is -0.788. The van der Waals surface area contributed by atoms with Crippen molar-refractivity contribution in [3.63, 3.8) is 0 Å². The zero-order chi connectivity index (χ0) is 26.3. The van der Waals surface area contributed by atoms with Crippen molar-refractivity contribution in [1.29, 1.82) is 0 Å². The van der Waals surface area contributed by atoms with Gasteiger partial charge in [0.05, 0.1) is 15.2 Å². The third kappa shape index (κ3) is 4.88. The van der Waals surface area contributed by atoms with Gasteiger partial charge in [0.15, 0.2) is 9.84 Å². The van der Waals surface area contributed by atoms with Crippen molar-refractivity contribution in [2.24, 2.45) is 5.92 Å². The molecule has 0 saturated carbocycles. The van der Waals surface area contributed by atoms with E-state index in [0.29, 0.717) is 18.9 Å². The van der Waals surface area contributed by atoms with Crippen molar-refractivity contribution in [3.05, 3.63) is 65.9 Å². The number of aliphatic hydroxyl groups excluding tert-OH is 1. The van der Waals surface area contributed by atoms with Gasteiger partial charge < -0.3 is 15.0 Å². The second-order valence-electron chi connectivity index (χ2n) is 9.81. The number of fused-ring (bicyclic) bond motifs is 1. The molecule has 3 aromatic rings. The molecule has 0 radical (unpaired) electrons. The number of hydrogen-bond acceptors (Lipinski definition) is 4. The van der Waals surface area contributed by atoms with Crippen LogP contribution >= 0.6 is 0 Å². The molecule has 1 amide bonds. The van der Waals surface area contributed by atoms with Crippen LogP contribution in [0.25, 0.3) is 10.9 Å². The molecule has 6 nitrogen and oxygen atoms in total. The van der Waals surface area contributed by atoms with Crippen LogP contribution in [0.4, 0.5) is 13.2 Å². The number of amides is 1. The van der Waals surface area contributed by atoms with Crippen LogP contribution in [0.3, 0.4) is 0 Å². The van der Waals surface area contributed by atoms with Gasteiger partial charge in [-0.25, -0.2) is 8.42 Å². The minimum absolute atomic E-state index is 0.151. The standard InChI is InChI=1S/C26H29F3N2O4S/c1-25(2,36(34,35)20-7-5-6-19(15-20)26(27,28)29)18-10-12-31(13-11-18)24(33)23(32)14-17-16-30-22-9-4-3-8-21(17)22/h3-9,15-16,18,23,30,32H,10-14H2,1-2H3. The average molecular weight is 523 g/mol. The molecule has 2 aromatic carbocycles. The first-order chi connectivity index (χ1) is 16.8. The number of carbonyl (C=O) groups is 1. The zero-order valence-electron chi connectivity index (χ0n) is 20.0. The third-order valence-corrected chi connectivity index (χ3v) is 9.92. The van der Waals surface area contributed by atoms with Crippen molar-refractivity contribution in [3.8, 4) is 0 Å². The molecular formula is C26H29F3N2O4S. The highest BCUT2D eigenvalue weighted by molar-refractivity contribution is 7.92. The van der Waals surface area contributed by atoms with Gasteiger partial charge in [-0.3, -0.25) is 4.79 Å². The maximum absolute atomic E-state index is 13.3. The van der Waals surface area contributed by atoms with E-state index in [4.69, 9.17) is 0 Å². The summed E-state index contributed by atoms with van der Waals surface area (Å²) < 4.78 is 64.8. The Morgan fingerprint density at radius 2 is 1.78 bits per heavy atom. The SMILES string of the molecule is CC(C)(C1CCN(C(=O)C(O)Cc2c[nH]c3ccccc23)CC1)S(=O)(=O)c1cccc(C(F)(F)F)c1. The van der Waals surface area contributed by atoms with Crippen molar-refractivity contribution in [2.75, 3.05) is 13.1 Å². The van der Waals surface area contributed by atoms with Crippen LogP contribution in [0.15, 0.2) is 59.6 Å². The molecule has 194 valence electrons. The Balaban J connectivity index is 1.42. The van der Waals surface area contributed by atoms with Gasteiger partial charge in [-0.1, -0.05) is 24.3 Å². The maximum atomic E-state index is 13.3. The minimum Gasteiger partial charge on any atom is -0.383 e. The predicted octanol–water partition coefficient (Wildman–Crippen LogP) is 4.58. The summed E-state index contributed by atoms with van der Waals surface area (Å²) in [6.07, 6.45) is -3.24. The van der Waals surface area contributed by atoms with Gasteiger partial charge in [0.25, 0.3) is 5.91 Å². The van der Waals surface area contributed by atoms with E-state index in [0.717, 1.165) is 28.6 Å². The Labute approximate surface area is 208 Å².